The number of hydrogen-bond donors (Lipinski definition) is 1. The normalized spacial score (nSPS) is 14.2. The number of rotatable bonds is 2. The van der Waals surface area contributed by atoms with Crippen molar-refractivity contribution in [3.8, 4) is 11.3 Å². The number of hydrogen-bond acceptors (Lipinski definition) is 2. The van der Waals surface area contributed by atoms with Gasteiger partial charge in [0.15, 0.2) is 0 Å². The average molecular weight is 242 g/mol. The van der Waals surface area contributed by atoms with Crippen LogP contribution in [0.1, 0.15) is 34.5 Å². The molecule has 18 heavy (non-hydrogen) atoms. The molecule has 0 radical (unpaired) electrons. The Balaban J connectivity index is 1.98. The third-order valence-corrected chi connectivity index (χ3v) is 3.45. The summed E-state index contributed by atoms with van der Waals surface area (Å²) >= 11 is 0. The first-order chi connectivity index (χ1) is 8.74. The molecule has 0 atom stereocenters. The molecule has 92 valence electrons. The fourth-order valence-electron chi connectivity index (χ4n) is 2.49. The molecule has 1 aromatic carbocycles. The van der Waals surface area contributed by atoms with Gasteiger partial charge in [-0.25, -0.2) is 4.79 Å². The second-order valence-corrected chi connectivity index (χ2v) is 4.66. The lowest BCUT2D eigenvalue weighted by Gasteiger charge is -2.15. The van der Waals surface area contributed by atoms with Crippen LogP contribution in [0.4, 0.5) is 0 Å². The summed E-state index contributed by atoms with van der Waals surface area (Å²) in [5.41, 5.74) is 3.74. The summed E-state index contributed by atoms with van der Waals surface area (Å²) in [6.45, 7) is 0. The van der Waals surface area contributed by atoms with Crippen molar-refractivity contribution in [2.75, 3.05) is 0 Å². The van der Waals surface area contributed by atoms with Crippen LogP contribution in [0.15, 0.2) is 34.7 Å². The molecule has 0 saturated heterocycles. The molecule has 3 nitrogen and oxygen atoms in total. The molecular formula is C15H14O3. The molecule has 1 aromatic heterocycles. The maximum Gasteiger partial charge on any atom is 0.371 e. The Kier molecular flexibility index (Phi) is 2.67. The van der Waals surface area contributed by atoms with E-state index in [1.807, 2.05) is 6.07 Å². The largest absolute Gasteiger partial charge is 0.475 e. The van der Waals surface area contributed by atoms with E-state index in [0.717, 1.165) is 18.4 Å². The highest BCUT2D eigenvalue weighted by atomic mass is 16.4. The summed E-state index contributed by atoms with van der Waals surface area (Å²) in [5.74, 6) is -0.414. The van der Waals surface area contributed by atoms with E-state index in [2.05, 4.69) is 12.1 Å². The fraction of sp³-hybridized carbons (Fsp3) is 0.267. The molecule has 3 heteroatoms. The van der Waals surface area contributed by atoms with Crippen LogP contribution in [0.5, 0.6) is 0 Å². The van der Waals surface area contributed by atoms with Crippen molar-refractivity contribution < 1.29 is 14.3 Å². The zero-order valence-corrected chi connectivity index (χ0v) is 9.98. The Morgan fingerprint density at radius 3 is 2.56 bits per heavy atom. The first-order valence-corrected chi connectivity index (χ1v) is 6.19. The molecule has 0 aliphatic heterocycles. The smallest absolute Gasteiger partial charge is 0.371 e. The van der Waals surface area contributed by atoms with Crippen LogP contribution in [0.2, 0.25) is 0 Å². The van der Waals surface area contributed by atoms with E-state index in [9.17, 15) is 4.79 Å². The molecule has 1 N–H and O–H groups in total. The van der Waals surface area contributed by atoms with E-state index in [0.29, 0.717) is 5.76 Å². The lowest BCUT2D eigenvalue weighted by Crippen LogP contribution is -2.02. The second kappa shape index (κ2) is 4.33. The quantitative estimate of drug-likeness (QED) is 0.876. The van der Waals surface area contributed by atoms with Gasteiger partial charge in [-0.1, -0.05) is 12.1 Å². The van der Waals surface area contributed by atoms with E-state index in [-0.39, 0.29) is 5.76 Å². The van der Waals surface area contributed by atoms with Crippen molar-refractivity contribution in [2.45, 2.75) is 25.7 Å². The van der Waals surface area contributed by atoms with Crippen LogP contribution < -0.4 is 0 Å². The number of aryl methyl sites for hydroxylation is 2. The number of benzene rings is 1. The van der Waals surface area contributed by atoms with Crippen LogP contribution in [0.25, 0.3) is 11.3 Å². The molecule has 0 saturated carbocycles. The van der Waals surface area contributed by atoms with E-state index in [1.54, 1.807) is 6.07 Å². The van der Waals surface area contributed by atoms with Gasteiger partial charge in [-0.2, -0.15) is 0 Å². The van der Waals surface area contributed by atoms with Gasteiger partial charge in [0.05, 0.1) is 0 Å². The molecular weight excluding hydrogens is 228 g/mol. The minimum Gasteiger partial charge on any atom is -0.475 e. The topological polar surface area (TPSA) is 50.4 Å². The summed E-state index contributed by atoms with van der Waals surface area (Å²) in [7, 11) is 0. The SMILES string of the molecule is O=C(O)c1ccc(-c2ccc3c(c2)CCCC3)o1. The summed E-state index contributed by atoms with van der Waals surface area (Å²) < 4.78 is 5.32. The molecule has 1 heterocycles. The van der Waals surface area contributed by atoms with Gasteiger partial charge in [0.1, 0.15) is 5.76 Å². The third kappa shape index (κ3) is 1.92. The average Bonchev–Trinajstić information content (AvgIpc) is 2.88. The van der Waals surface area contributed by atoms with Gasteiger partial charge < -0.3 is 9.52 Å². The van der Waals surface area contributed by atoms with E-state index < -0.39 is 5.97 Å². The molecule has 1 aliphatic rings. The summed E-state index contributed by atoms with van der Waals surface area (Å²) in [4.78, 5) is 10.8. The molecule has 0 bridgehead atoms. The van der Waals surface area contributed by atoms with E-state index in [4.69, 9.17) is 9.52 Å². The predicted octanol–water partition coefficient (Wildman–Crippen LogP) is 3.52. The number of fused-ring (bicyclic) bond motifs is 1. The maximum absolute atomic E-state index is 10.8. The van der Waals surface area contributed by atoms with Crippen molar-refractivity contribution in [3.63, 3.8) is 0 Å². The number of aromatic carboxylic acids is 1. The minimum absolute atomic E-state index is 0.0114. The van der Waals surface area contributed by atoms with Crippen molar-refractivity contribution in [3.05, 3.63) is 47.2 Å². The first kappa shape index (κ1) is 11.1. The van der Waals surface area contributed by atoms with Gasteiger partial charge in [-0.3, -0.25) is 0 Å². The van der Waals surface area contributed by atoms with Crippen LogP contribution in [-0.4, -0.2) is 11.1 Å². The molecule has 0 unspecified atom stereocenters. The van der Waals surface area contributed by atoms with Crippen molar-refractivity contribution in [1.82, 2.24) is 0 Å². The Morgan fingerprint density at radius 2 is 1.83 bits per heavy atom. The Labute approximate surface area is 105 Å². The molecule has 1 aliphatic carbocycles. The summed E-state index contributed by atoms with van der Waals surface area (Å²) in [6.07, 6.45) is 4.75. The summed E-state index contributed by atoms with van der Waals surface area (Å²) in [6, 6.07) is 9.48. The Hall–Kier alpha value is -2.03. The van der Waals surface area contributed by atoms with Crippen molar-refractivity contribution in [2.24, 2.45) is 0 Å². The van der Waals surface area contributed by atoms with Gasteiger partial charge in [0.25, 0.3) is 0 Å². The second-order valence-electron chi connectivity index (χ2n) is 4.66. The van der Waals surface area contributed by atoms with E-state index in [1.165, 1.54) is 30.0 Å². The van der Waals surface area contributed by atoms with Crippen molar-refractivity contribution in [1.29, 1.82) is 0 Å². The van der Waals surface area contributed by atoms with Crippen LogP contribution in [0.3, 0.4) is 0 Å². The zero-order chi connectivity index (χ0) is 12.5. The van der Waals surface area contributed by atoms with Crippen molar-refractivity contribution >= 4 is 5.97 Å². The van der Waals surface area contributed by atoms with Crippen LogP contribution in [-0.2, 0) is 12.8 Å². The number of carboxylic acids is 1. The lowest BCUT2D eigenvalue weighted by atomic mass is 9.90. The van der Waals surface area contributed by atoms with Gasteiger partial charge in [-0.15, -0.1) is 0 Å². The van der Waals surface area contributed by atoms with Gasteiger partial charge >= 0.3 is 5.97 Å². The maximum atomic E-state index is 10.8. The number of carbonyl (C=O) groups is 1. The molecule has 0 amide bonds. The highest BCUT2D eigenvalue weighted by Gasteiger charge is 2.13. The molecule has 0 spiro atoms. The van der Waals surface area contributed by atoms with Crippen LogP contribution in [0, 0.1) is 0 Å². The molecule has 0 fully saturated rings. The van der Waals surface area contributed by atoms with Gasteiger partial charge in [-0.05, 0) is 55.0 Å². The highest BCUT2D eigenvalue weighted by molar-refractivity contribution is 5.85. The lowest BCUT2D eigenvalue weighted by molar-refractivity contribution is 0.0663. The molecule has 2 aromatic rings. The van der Waals surface area contributed by atoms with Gasteiger partial charge in [0, 0.05) is 5.56 Å². The third-order valence-electron chi connectivity index (χ3n) is 3.45. The zero-order valence-electron chi connectivity index (χ0n) is 9.98. The standard InChI is InChI=1S/C15H14O3/c16-15(17)14-8-7-13(18-14)12-6-5-10-3-1-2-4-11(10)9-12/h5-9H,1-4H2,(H,16,17). The number of furan rings is 1. The van der Waals surface area contributed by atoms with Gasteiger partial charge in [0.2, 0.25) is 5.76 Å². The highest BCUT2D eigenvalue weighted by Crippen LogP contribution is 2.28. The summed E-state index contributed by atoms with van der Waals surface area (Å²) in [5, 5.41) is 8.84. The van der Waals surface area contributed by atoms with Crippen LogP contribution >= 0.6 is 0 Å². The fourth-order valence-corrected chi connectivity index (χ4v) is 2.49. The first-order valence-electron chi connectivity index (χ1n) is 6.19. The molecule has 3 rings (SSSR count). The Bertz CT molecular complexity index is 596. The monoisotopic (exact) mass is 242 g/mol. The predicted molar refractivity (Wildman–Crippen MR) is 67.7 cm³/mol. The number of carboxylic acid groups (broad SMARTS) is 1. The minimum atomic E-state index is -1.03. The Morgan fingerprint density at radius 1 is 1.06 bits per heavy atom. The van der Waals surface area contributed by atoms with E-state index >= 15 is 0 Å².